The third-order valence-corrected chi connectivity index (χ3v) is 2.25. The van der Waals surface area contributed by atoms with Gasteiger partial charge in [-0.1, -0.05) is 6.92 Å². The fourth-order valence-corrected chi connectivity index (χ4v) is 1.25. The quantitative estimate of drug-likeness (QED) is 0.730. The van der Waals surface area contributed by atoms with Crippen LogP contribution >= 0.6 is 0 Å². The Balaban J connectivity index is 2.72. The van der Waals surface area contributed by atoms with Crippen LogP contribution in [0.3, 0.4) is 0 Å². The number of amides is 1. The maximum atomic E-state index is 11.7. The number of hydrogen-bond donors (Lipinski definition) is 2. The van der Waals surface area contributed by atoms with Crippen LogP contribution in [0.2, 0.25) is 0 Å². The summed E-state index contributed by atoms with van der Waals surface area (Å²) in [4.78, 5) is 23.5. The lowest BCUT2D eigenvalue weighted by molar-refractivity contribution is -0.121. The zero-order valence-electron chi connectivity index (χ0n) is 11.6. The summed E-state index contributed by atoms with van der Waals surface area (Å²) < 4.78 is 9.84. The van der Waals surface area contributed by atoms with Crippen LogP contribution in [0.15, 0.2) is 0 Å². The second-order valence-corrected chi connectivity index (χ2v) is 3.79. The van der Waals surface area contributed by atoms with Gasteiger partial charge in [-0.25, -0.2) is 0 Å². The van der Waals surface area contributed by atoms with Crippen LogP contribution in [-0.4, -0.2) is 47.7 Å². The normalized spacial score (nSPS) is 11.6. The van der Waals surface area contributed by atoms with Crippen molar-refractivity contribution >= 4 is 11.9 Å². The number of carbonyl (C=O) groups is 1. The third kappa shape index (κ3) is 4.57. The first-order chi connectivity index (χ1) is 9.10. The zero-order valence-corrected chi connectivity index (χ0v) is 11.6. The van der Waals surface area contributed by atoms with Crippen LogP contribution in [0, 0.1) is 0 Å². The van der Waals surface area contributed by atoms with Crippen molar-refractivity contribution in [2.45, 2.75) is 26.3 Å². The number of hydrogen-bond acceptors (Lipinski definition) is 7. The van der Waals surface area contributed by atoms with Gasteiger partial charge in [0.25, 0.3) is 0 Å². The highest BCUT2D eigenvalue weighted by Gasteiger charge is 2.15. The van der Waals surface area contributed by atoms with Crippen molar-refractivity contribution in [3.05, 3.63) is 0 Å². The molecule has 0 aliphatic heterocycles. The summed E-state index contributed by atoms with van der Waals surface area (Å²) in [5, 5.41) is 5.64. The molecule has 2 N–H and O–H groups in total. The number of methoxy groups -OCH3 is 2. The van der Waals surface area contributed by atoms with E-state index in [1.54, 1.807) is 6.92 Å². The van der Waals surface area contributed by atoms with Crippen molar-refractivity contribution in [2.24, 2.45) is 0 Å². The molecule has 106 valence electrons. The molecule has 19 heavy (non-hydrogen) atoms. The number of nitrogens with one attached hydrogen (secondary N) is 2. The van der Waals surface area contributed by atoms with Gasteiger partial charge >= 0.3 is 12.0 Å². The molecule has 1 aromatic rings. The number of rotatable bonds is 7. The molecule has 1 amide bonds. The van der Waals surface area contributed by atoms with Crippen molar-refractivity contribution in [2.75, 3.05) is 26.1 Å². The number of carbonyl (C=O) groups excluding carboxylic acids is 1. The van der Waals surface area contributed by atoms with E-state index < -0.39 is 6.04 Å². The molecular formula is C11H19N5O3. The number of aromatic nitrogens is 3. The summed E-state index contributed by atoms with van der Waals surface area (Å²) >= 11 is 0. The molecule has 1 aromatic heterocycles. The Morgan fingerprint density at radius 1 is 1.21 bits per heavy atom. The smallest absolute Gasteiger partial charge is 0.324 e. The van der Waals surface area contributed by atoms with E-state index >= 15 is 0 Å². The van der Waals surface area contributed by atoms with Crippen molar-refractivity contribution in [1.29, 1.82) is 0 Å². The summed E-state index contributed by atoms with van der Waals surface area (Å²) in [7, 11) is 2.88. The molecule has 1 heterocycles. The largest absolute Gasteiger partial charge is 0.467 e. The van der Waals surface area contributed by atoms with Crippen LogP contribution < -0.4 is 20.1 Å². The van der Waals surface area contributed by atoms with Crippen LogP contribution in [0.5, 0.6) is 12.0 Å². The monoisotopic (exact) mass is 269 g/mol. The Labute approximate surface area is 111 Å². The van der Waals surface area contributed by atoms with E-state index in [2.05, 4.69) is 25.6 Å². The van der Waals surface area contributed by atoms with Gasteiger partial charge in [0.15, 0.2) is 0 Å². The Kier molecular flexibility index (Phi) is 5.77. The van der Waals surface area contributed by atoms with E-state index in [0.717, 1.165) is 6.42 Å². The summed E-state index contributed by atoms with van der Waals surface area (Å²) in [5.74, 6) is 0.100. The standard InChI is InChI=1S/C11H19N5O3/c1-5-6-12-8(17)7(2)13-9-14-10(18-3)16-11(15-9)19-4/h7H,5-6H2,1-4H3,(H,12,17)(H,13,14,15,16). The molecule has 1 atom stereocenters. The molecule has 0 aliphatic carbocycles. The van der Waals surface area contributed by atoms with Crippen LogP contribution in [0.1, 0.15) is 20.3 Å². The molecule has 0 fully saturated rings. The maximum absolute atomic E-state index is 11.7. The summed E-state index contributed by atoms with van der Waals surface area (Å²) in [5.41, 5.74) is 0. The Morgan fingerprint density at radius 3 is 2.26 bits per heavy atom. The molecule has 0 saturated heterocycles. The van der Waals surface area contributed by atoms with Gasteiger partial charge in [-0.2, -0.15) is 9.97 Å². The molecule has 1 unspecified atom stereocenters. The zero-order chi connectivity index (χ0) is 14.3. The second kappa shape index (κ2) is 7.34. The van der Waals surface area contributed by atoms with Crippen LogP contribution in [0.4, 0.5) is 5.95 Å². The van der Waals surface area contributed by atoms with Gasteiger partial charge in [0.05, 0.1) is 14.2 Å². The molecule has 1 rings (SSSR count). The maximum Gasteiger partial charge on any atom is 0.324 e. The molecule has 0 aliphatic rings. The summed E-state index contributed by atoms with van der Waals surface area (Å²) in [6, 6.07) is -0.227. The Hall–Kier alpha value is -2.12. The second-order valence-electron chi connectivity index (χ2n) is 3.79. The molecule has 8 nitrogen and oxygen atoms in total. The SMILES string of the molecule is CCCNC(=O)C(C)Nc1nc(OC)nc(OC)n1. The highest BCUT2D eigenvalue weighted by Crippen LogP contribution is 2.12. The molecule has 0 bridgehead atoms. The Bertz CT molecular complexity index is 405. The van der Waals surface area contributed by atoms with E-state index in [-0.39, 0.29) is 23.9 Å². The van der Waals surface area contributed by atoms with Gasteiger partial charge in [0.2, 0.25) is 11.9 Å². The van der Waals surface area contributed by atoms with Crippen molar-refractivity contribution in [3.63, 3.8) is 0 Å². The topological polar surface area (TPSA) is 98.3 Å². The van der Waals surface area contributed by atoms with Gasteiger partial charge in [-0.15, -0.1) is 4.98 Å². The molecule has 0 radical (unpaired) electrons. The molecular weight excluding hydrogens is 250 g/mol. The lowest BCUT2D eigenvalue weighted by atomic mass is 10.3. The summed E-state index contributed by atoms with van der Waals surface area (Å²) in [6.45, 7) is 4.34. The minimum Gasteiger partial charge on any atom is -0.467 e. The molecule has 8 heteroatoms. The van der Waals surface area contributed by atoms with E-state index in [1.807, 2.05) is 6.92 Å². The number of nitrogens with zero attached hydrogens (tertiary/aromatic N) is 3. The summed E-state index contributed by atoms with van der Waals surface area (Å²) in [6.07, 6.45) is 0.881. The van der Waals surface area contributed by atoms with E-state index in [9.17, 15) is 4.79 Å². The highest BCUT2D eigenvalue weighted by molar-refractivity contribution is 5.83. The lowest BCUT2D eigenvalue weighted by Gasteiger charge is -2.14. The van der Waals surface area contributed by atoms with Gasteiger partial charge in [-0.05, 0) is 13.3 Å². The first-order valence-corrected chi connectivity index (χ1v) is 5.99. The van der Waals surface area contributed by atoms with Crippen LogP contribution in [-0.2, 0) is 4.79 Å². The minimum atomic E-state index is -0.469. The first-order valence-electron chi connectivity index (χ1n) is 5.99. The highest BCUT2D eigenvalue weighted by atomic mass is 16.5. The molecule has 0 spiro atoms. The predicted octanol–water partition coefficient (Wildman–Crippen LogP) is 0.215. The van der Waals surface area contributed by atoms with Crippen molar-refractivity contribution < 1.29 is 14.3 Å². The minimum absolute atomic E-state index is 0.121. The van der Waals surface area contributed by atoms with Gasteiger partial charge in [-0.3, -0.25) is 4.79 Å². The first kappa shape index (κ1) is 14.9. The van der Waals surface area contributed by atoms with Gasteiger partial charge in [0, 0.05) is 6.54 Å². The van der Waals surface area contributed by atoms with E-state index in [4.69, 9.17) is 9.47 Å². The average molecular weight is 269 g/mol. The predicted molar refractivity (Wildman–Crippen MR) is 69.3 cm³/mol. The molecule has 0 aromatic carbocycles. The van der Waals surface area contributed by atoms with Crippen LogP contribution in [0.25, 0.3) is 0 Å². The lowest BCUT2D eigenvalue weighted by Crippen LogP contribution is -2.38. The van der Waals surface area contributed by atoms with Crippen molar-refractivity contribution in [1.82, 2.24) is 20.3 Å². The van der Waals surface area contributed by atoms with Crippen molar-refractivity contribution in [3.8, 4) is 12.0 Å². The van der Waals surface area contributed by atoms with E-state index in [1.165, 1.54) is 14.2 Å². The fourth-order valence-electron chi connectivity index (χ4n) is 1.25. The Morgan fingerprint density at radius 2 is 1.79 bits per heavy atom. The van der Waals surface area contributed by atoms with Gasteiger partial charge < -0.3 is 20.1 Å². The van der Waals surface area contributed by atoms with Gasteiger partial charge in [0.1, 0.15) is 6.04 Å². The third-order valence-electron chi connectivity index (χ3n) is 2.25. The van der Waals surface area contributed by atoms with E-state index in [0.29, 0.717) is 6.54 Å². The molecule has 0 saturated carbocycles. The fraction of sp³-hybridized carbons (Fsp3) is 0.636. The number of anilines is 1. The number of ether oxygens (including phenoxy) is 2. The average Bonchev–Trinajstić information content (AvgIpc) is 2.43.